The molecule has 2 aliphatic heterocycles. The molecule has 0 unspecified atom stereocenters. The lowest BCUT2D eigenvalue weighted by atomic mass is 9.99. The van der Waals surface area contributed by atoms with Gasteiger partial charge < -0.3 is 10.2 Å². The molecule has 1 saturated heterocycles. The molecule has 1 N–H and O–H groups in total. The summed E-state index contributed by atoms with van der Waals surface area (Å²) in [4.78, 5) is 29.9. The third-order valence-corrected chi connectivity index (χ3v) is 6.30. The highest BCUT2D eigenvalue weighted by Crippen LogP contribution is 2.33. The molecule has 0 saturated carbocycles. The van der Waals surface area contributed by atoms with E-state index in [1.54, 1.807) is 24.3 Å². The van der Waals surface area contributed by atoms with E-state index < -0.39 is 0 Å². The summed E-state index contributed by atoms with van der Waals surface area (Å²) in [5.41, 5.74) is 3.32. The molecule has 2 aliphatic rings. The predicted molar refractivity (Wildman–Crippen MR) is 126 cm³/mol. The van der Waals surface area contributed by atoms with E-state index in [-0.39, 0.29) is 17.9 Å². The molecule has 2 heterocycles. The van der Waals surface area contributed by atoms with Crippen LogP contribution >= 0.6 is 11.6 Å². The number of amides is 2. The Morgan fingerprint density at radius 3 is 2.13 bits per heavy atom. The topological polar surface area (TPSA) is 52.7 Å². The Balaban J connectivity index is 1.62. The Kier molecular flexibility index (Phi) is 6.05. The van der Waals surface area contributed by atoms with Crippen LogP contribution in [0.15, 0.2) is 54.2 Å². The van der Waals surface area contributed by atoms with Gasteiger partial charge in [-0.2, -0.15) is 0 Å². The third-order valence-electron chi connectivity index (χ3n) is 6.05. The van der Waals surface area contributed by atoms with Crippen LogP contribution in [-0.4, -0.2) is 35.8 Å². The number of piperidine rings is 1. The van der Waals surface area contributed by atoms with E-state index in [2.05, 4.69) is 29.3 Å². The van der Waals surface area contributed by atoms with Crippen molar-refractivity contribution in [3.8, 4) is 0 Å². The maximum Gasteiger partial charge on any atom is 0.278 e. The zero-order valence-electron chi connectivity index (χ0n) is 18.2. The summed E-state index contributed by atoms with van der Waals surface area (Å²) in [6.07, 6.45) is 2.41. The molecule has 31 heavy (non-hydrogen) atoms. The first kappa shape index (κ1) is 21.4. The van der Waals surface area contributed by atoms with Crippen molar-refractivity contribution in [2.45, 2.75) is 39.7 Å². The van der Waals surface area contributed by atoms with Gasteiger partial charge in [0.15, 0.2) is 0 Å². The minimum absolute atomic E-state index is 0.231. The van der Waals surface area contributed by atoms with Crippen LogP contribution in [0.1, 0.15) is 39.2 Å². The summed E-state index contributed by atoms with van der Waals surface area (Å²) in [5, 5.41) is 3.80. The second-order valence-corrected chi connectivity index (χ2v) is 9.11. The first-order chi connectivity index (χ1) is 14.8. The molecule has 2 amide bonds. The molecule has 0 spiro atoms. The van der Waals surface area contributed by atoms with Crippen LogP contribution in [0.3, 0.4) is 0 Å². The van der Waals surface area contributed by atoms with Crippen molar-refractivity contribution < 1.29 is 9.59 Å². The first-order valence-electron chi connectivity index (χ1n) is 10.8. The zero-order valence-corrected chi connectivity index (χ0v) is 18.9. The summed E-state index contributed by atoms with van der Waals surface area (Å²) in [7, 11) is 0. The largest absolute Gasteiger partial charge is 0.372 e. The zero-order chi connectivity index (χ0) is 22.1. The summed E-state index contributed by atoms with van der Waals surface area (Å²) in [6.45, 7) is 8.11. The molecule has 0 aliphatic carbocycles. The van der Waals surface area contributed by atoms with E-state index in [1.165, 1.54) is 23.4 Å². The van der Waals surface area contributed by atoms with Crippen LogP contribution < -0.4 is 10.2 Å². The van der Waals surface area contributed by atoms with Gasteiger partial charge in [-0.25, -0.2) is 0 Å². The average molecular weight is 438 g/mol. The van der Waals surface area contributed by atoms with Gasteiger partial charge in [0.05, 0.1) is 5.57 Å². The van der Waals surface area contributed by atoms with Crippen molar-refractivity contribution in [1.82, 2.24) is 4.90 Å². The SMILES string of the molecule is CC1CCN(c2ccc(NC3=C(c4ccc(Cl)cc4)C(=O)N(C(C)C)C3=O)cc2)CC1. The smallest absolute Gasteiger partial charge is 0.278 e. The lowest BCUT2D eigenvalue weighted by Gasteiger charge is -2.32. The molecular formula is C25H28ClN3O2. The quantitative estimate of drug-likeness (QED) is 0.655. The number of benzene rings is 2. The number of carbonyl (C=O) groups excluding carboxylic acids is 2. The van der Waals surface area contributed by atoms with E-state index in [0.717, 1.165) is 24.7 Å². The highest BCUT2D eigenvalue weighted by atomic mass is 35.5. The number of rotatable bonds is 5. The molecule has 6 heteroatoms. The highest BCUT2D eigenvalue weighted by Gasteiger charge is 2.40. The Labute approximate surface area is 188 Å². The summed E-state index contributed by atoms with van der Waals surface area (Å²) in [5.74, 6) is 0.188. The van der Waals surface area contributed by atoms with Crippen molar-refractivity contribution in [3.05, 3.63) is 64.8 Å². The van der Waals surface area contributed by atoms with Crippen molar-refractivity contribution in [3.63, 3.8) is 0 Å². The van der Waals surface area contributed by atoms with Crippen LogP contribution in [0.5, 0.6) is 0 Å². The molecule has 5 nitrogen and oxygen atoms in total. The van der Waals surface area contributed by atoms with Crippen LogP contribution in [-0.2, 0) is 9.59 Å². The second kappa shape index (κ2) is 8.75. The van der Waals surface area contributed by atoms with Gasteiger partial charge in [-0.15, -0.1) is 0 Å². The van der Waals surface area contributed by atoms with Crippen molar-refractivity contribution in [2.75, 3.05) is 23.3 Å². The number of imide groups is 1. The molecule has 1 fully saturated rings. The number of nitrogens with zero attached hydrogens (tertiary/aromatic N) is 2. The van der Waals surface area contributed by atoms with E-state index in [1.807, 2.05) is 26.0 Å². The van der Waals surface area contributed by atoms with E-state index in [9.17, 15) is 9.59 Å². The number of hydrogen-bond donors (Lipinski definition) is 1. The fourth-order valence-electron chi connectivity index (χ4n) is 4.18. The monoisotopic (exact) mass is 437 g/mol. The summed E-state index contributed by atoms with van der Waals surface area (Å²) < 4.78 is 0. The molecule has 0 atom stereocenters. The van der Waals surface area contributed by atoms with Crippen molar-refractivity contribution in [1.29, 1.82) is 0 Å². The third kappa shape index (κ3) is 4.33. The molecule has 0 radical (unpaired) electrons. The van der Waals surface area contributed by atoms with Crippen molar-refractivity contribution in [2.24, 2.45) is 5.92 Å². The predicted octanol–water partition coefficient (Wildman–Crippen LogP) is 5.18. The van der Waals surface area contributed by atoms with Gasteiger partial charge in [-0.3, -0.25) is 14.5 Å². The number of nitrogens with one attached hydrogen (secondary N) is 1. The van der Waals surface area contributed by atoms with Gasteiger partial charge in [0, 0.05) is 35.5 Å². The summed E-state index contributed by atoms with van der Waals surface area (Å²) in [6, 6.07) is 14.8. The maximum atomic E-state index is 13.1. The molecule has 0 aromatic heterocycles. The van der Waals surface area contributed by atoms with Gasteiger partial charge in [0.2, 0.25) is 0 Å². The van der Waals surface area contributed by atoms with Gasteiger partial charge in [0.1, 0.15) is 5.70 Å². The molecule has 4 rings (SSSR count). The Bertz CT molecular complexity index is 1000. The number of carbonyl (C=O) groups is 2. The molecule has 0 bridgehead atoms. The molecule has 2 aromatic rings. The van der Waals surface area contributed by atoms with Crippen LogP contribution in [0.2, 0.25) is 5.02 Å². The second-order valence-electron chi connectivity index (χ2n) is 8.67. The number of hydrogen-bond acceptors (Lipinski definition) is 4. The molecule has 162 valence electrons. The van der Waals surface area contributed by atoms with Crippen LogP contribution in [0.4, 0.5) is 11.4 Å². The highest BCUT2D eigenvalue weighted by molar-refractivity contribution is 6.37. The maximum absolute atomic E-state index is 13.1. The fourth-order valence-corrected chi connectivity index (χ4v) is 4.31. The molecule has 2 aromatic carbocycles. The van der Waals surface area contributed by atoms with E-state index in [4.69, 9.17) is 11.6 Å². The minimum atomic E-state index is -0.306. The van der Waals surface area contributed by atoms with Crippen LogP contribution in [0.25, 0.3) is 5.57 Å². The minimum Gasteiger partial charge on any atom is -0.372 e. The lowest BCUT2D eigenvalue weighted by Crippen LogP contribution is -2.38. The average Bonchev–Trinajstić information content (AvgIpc) is 2.99. The first-order valence-corrected chi connectivity index (χ1v) is 11.2. The van der Waals surface area contributed by atoms with Gasteiger partial charge >= 0.3 is 0 Å². The summed E-state index contributed by atoms with van der Waals surface area (Å²) >= 11 is 6.02. The number of halogens is 1. The van der Waals surface area contributed by atoms with E-state index in [0.29, 0.717) is 21.9 Å². The molecular weight excluding hydrogens is 410 g/mol. The van der Waals surface area contributed by atoms with Gasteiger partial charge in [-0.05, 0) is 74.6 Å². The van der Waals surface area contributed by atoms with Crippen molar-refractivity contribution >= 4 is 40.4 Å². The Hall–Kier alpha value is -2.79. The Morgan fingerprint density at radius 2 is 1.55 bits per heavy atom. The van der Waals surface area contributed by atoms with Crippen LogP contribution in [0, 0.1) is 5.92 Å². The fraction of sp³-hybridized carbons (Fsp3) is 0.360. The standard InChI is InChI=1S/C25H28ClN3O2/c1-16(2)29-24(30)22(18-4-6-19(26)7-5-18)23(25(29)31)27-20-8-10-21(11-9-20)28-14-12-17(3)13-15-28/h4-11,16-17,27H,12-15H2,1-3H3. The van der Waals surface area contributed by atoms with E-state index >= 15 is 0 Å². The van der Waals surface area contributed by atoms with Gasteiger partial charge in [0.25, 0.3) is 11.8 Å². The number of anilines is 2. The van der Waals surface area contributed by atoms with Gasteiger partial charge in [-0.1, -0.05) is 30.7 Å². The Morgan fingerprint density at radius 1 is 0.935 bits per heavy atom. The normalized spacial score (nSPS) is 17.8. The lowest BCUT2D eigenvalue weighted by molar-refractivity contribution is -0.138.